The van der Waals surface area contributed by atoms with E-state index in [1.165, 1.54) is 0 Å². The SMILES string of the molecule is CCC(CC)NC(=O)C(C)Oc1ccc([C@@H](C)O)cc1C. The zero-order valence-electron chi connectivity index (χ0n) is 13.6. The summed E-state index contributed by atoms with van der Waals surface area (Å²) >= 11 is 0. The number of aliphatic hydroxyl groups excluding tert-OH is 1. The topological polar surface area (TPSA) is 58.6 Å². The minimum Gasteiger partial charge on any atom is -0.481 e. The van der Waals surface area contributed by atoms with E-state index in [0.717, 1.165) is 24.0 Å². The Hall–Kier alpha value is -1.55. The Balaban J connectivity index is 2.70. The van der Waals surface area contributed by atoms with Crippen LogP contribution in [0, 0.1) is 6.92 Å². The van der Waals surface area contributed by atoms with Gasteiger partial charge in [-0.25, -0.2) is 0 Å². The monoisotopic (exact) mass is 293 g/mol. The number of amides is 1. The normalized spacial score (nSPS) is 13.9. The summed E-state index contributed by atoms with van der Waals surface area (Å²) in [6.45, 7) is 9.49. The molecule has 4 heteroatoms. The number of ether oxygens (including phenoxy) is 1. The molecule has 0 saturated heterocycles. The maximum Gasteiger partial charge on any atom is 0.260 e. The average Bonchev–Trinajstić information content (AvgIpc) is 2.46. The van der Waals surface area contributed by atoms with Gasteiger partial charge in [0.1, 0.15) is 5.75 Å². The van der Waals surface area contributed by atoms with Crippen LogP contribution in [-0.4, -0.2) is 23.2 Å². The standard InChI is InChI=1S/C17H27NO3/c1-6-15(7-2)18-17(20)13(5)21-16-9-8-14(12(4)19)10-11(16)3/h8-10,12-13,15,19H,6-7H2,1-5H3,(H,18,20)/t12-,13?/m1/s1. The number of benzene rings is 1. The molecule has 0 spiro atoms. The molecule has 1 aromatic rings. The zero-order chi connectivity index (χ0) is 16.0. The van der Waals surface area contributed by atoms with Crippen molar-refractivity contribution in [3.8, 4) is 5.75 Å². The van der Waals surface area contributed by atoms with E-state index in [1.807, 2.05) is 19.1 Å². The number of carbonyl (C=O) groups excluding carboxylic acids is 1. The maximum absolute atomic E-state index is 12.1. The molecule has 2 N–H and O–H groups in total. The van der Waals surface area contributed by atoms with Gasteiger partial charge in [0.05, 0.1) is 6.10 Å². The summed E-state index contributed by atoms with van der Waals surface area (Å²) in [6.07, 6.45) is 0.781. The van der Waals surface area contributed by atoms with Crippen LogP contribution < -0.4 is 10.1 Å². The van der Waals surface area contributed by atoms with Gasteiger partial charge in [0.25, 0.3) is 5.91 Å². The molecule has 21 heavy (non-hydrogen) atoms. The third kappa shape index (κ3) is 5.05. The predicted molar refractivity (Wildman–Crippen MR) is 84.4 cm³/mol. The van der Waals surface area contributed by atoms with E-state index in [9.17, 15) is 9.90 Å². The number of aryl methyl sites for hydroxylation is 1. The lowest BCUT2D eigenvalue weighted by Gasteiger charge is -2.20. The van der Waals surface area contributed by atoms with Crippen molar-refractivity contribution in [3.63, 3.8) is 0 Å². The fourth-order valence-electron chi connectivity index (χ4n) is 2.12. The van der Waals surface area contributed by atoms with Crippen molar-refractivity contribution < 1.29 is 14.6 Å². The zero-order valence-corrected chi connectivity index (χ0v) is 13.6. The van der Waals surface area contributed by atoms with E-state index in [-0.39, 0.29) is 11.9 Å². The molecule has 0 bridgehead atoms. The molecule has 1 aromatic carbocycles. The molecule has 0 saturated carbocycles. The van der Waals surface area contributed by atoms with Crippen LogP contribution in [0.1, 0.15) is 57.8 Å². The van der Waals surface area contributed by atoms with E-state index >= 15 is 0 Å². The van der Waals surface area contributed by atoms with Gasteiger partial charge in [-0.1, -0.05) is 19.9 Å². The largest absolute Gasteiger partial charge is 0.481 e. The fourth-order valence-corrected chi connectivity index (χ4v) is 2.12. The first-order chi connectivity index (χ1) is 9.88. The highest BCUT2D eigenvalue weighted by molar-refractivity contribution is 5.81. The van der Waals surface area contributed by atoms with E-state index in [1.54, 1.807) is 19.9 Å². The van der Waals surface area contributed by atoms with Gasteiger partial charge < -0.3 is 15.2 Å². The minimum absolute atomic E-state index is 0.0947. The Morgan fingerprint density at radius 2 is 1.90 bits per heavy atom. The van der Waals surface area contributed by atoms with Crippen LogP contribution in [-0.2, 0) is 4.79 Å². The summed E-state index contributed by atoms with van der Waals surface area (Å²) in [6, 6.07) is 5.70. The molecule has 118 valence electrons. The predicted octanol–water partition coefficient (Wildman–Crippen LogP) is 3.12. The number of carbonyl (C=O) groups is 1. The van der Waals surface area contributed by atoms with Crippen LogP contribution in [0.4, 0.5) is 0 Å². The number of rotatable bonds is 7. The van der Waals surface area contributed by atoms with Gasteiger partial charge in [0.2, 0.25) is 0 Å². The minimum atomic E-state index is -0.540. The second-order valence-electron chi connectivity index (χ2n) is 5.48. The average molecular weight is 293 g/mol. The Labute approximate surface area is 127 Å². The van der Waals surface area contributed by atoms with Gasteiger partial charge in [0, 0.05) is 6.04 Å². The first-order valence-electron chi connectivity index (χ1n) is 7.64. The van der Waals surface area contributed by atoms with Crippen LogP contribution in [0.3, 0.4) is 0 Å². The van der Waals surface area contributed by atoms with Gasteiger partial charge in [-0.15, -0.1) is 0 Å². The third-order valence-corrected chi connectivity index (χ3v) is 3.69. The summed E-state index contributed by atoms with van der Waals surface area (Å²) in [4.78, 5) is 12.1. The van der Waals surface area contributed by atoms with Crippen molar-refractivity contribution in [3.05, 3.63) is 29.3 Å². The van der Waals surface area contributed by atoms with Crippen LogP contribution in [0.2, 0.25) is 0 Å². The van der Waals surface area contributed by atoms with E-state index in [0.29, 0.717) is 5.75 Å². The smallest absolute Gasteiger partial charge is 0.260 e. The van der Waals surface area contributed by atoms with E-state index < -0.39 is 12.2 Å². The lowest BCUT2D eigenvalue weighted by molar-refractivity contribution is -0.128. The quantitative estimate of drug-likeness (QED) is 0.812. The van der Waals surface area contributed by atoms with E-state index in [4.69, 9.17) is 4.74 Å². The molecule has 0 heterocycles. The van der Waals surface area contributed by atoms with Gasteiger partial charge in [0.15, 0.2) is 6.10 Å². The lowest BCUT2D eigenvalue weighted by Crippen LogP contribution is -2.42. The molecule has 0 aromatic heterocycles. The van der Waals surface area contributed by atoms with Crippen LogP contribution in [0.5, 0.6) is 5.75 Å². The summed E-state index contributed by atoms with van der Waals surface area (Å²) in [5.41, 5.74) is 1.75. The molecule has 1 unspecified atom stereocenters. The van der Waals surface area contributed by atoms with Gasteiger partial charge >= 0.3 is 0 Å². The second kappa shape index (κ2) is 8.03. The highest BCUT2D eigenvalue weighted by Crippen LogP contribution is 2.23. The Morgan fingerprint density at radius 1 is 1.29 bits per heavy atom. The molecular formula is C17H27NO3. The fraction of sp³-hybridized carbons (Fsp3) is 0.588. The van der Waals surface area contributed by atoms with Crippen molar-refractivity contribution in [1.82, 2.24) is 5.32 Å². The molecule has 0 aliphatic rings. The molecule has 0 aliphatic carbocycles. The van der Waals surface area contributed by atoms with Gasteiger partial charge in [-0.05, 0) is 56.9 Å². The van der Waals surface area contributed by atoms with Crippen molar-refractivity contribution in [2.75, 3.05) is 0 Å². The first-order valence-corrected chi connectivity index (χ1v) is 7.64. The summed E-state index contributed by atoms with van der Waals surface area (Å²) in [5, 5.41) is 12.5. The molecule has 0 fully saturated rings. The maximum atomic E-state index is 12.1. The molecule has 0 aliphatic heterocycles. The molecule has 0 radical (unpaired) electrons. The van der Waals surface area contributed by atoms with Gasteiger partial charge in [-0.2, -0.15) is 0 Å². The second-order valence-corrected chi connectivity index (χ2v) is 5.48. The molecule has 1 amide bonds. The Morgan fingerprint density at radius 3 is 2.38 bits per heavy atom. The summed E-state index contributed by atoms with van der Waals surface area (Å²) in [5.74, 6) is 0.578. The number of hydrogen-bond acceptors (Lipinski definition) is 3. The van der Waals surface area contributed by atoms with Crippen molar-refractivity contribution in [2.45, 2.75) is 65.7 Å². The number of aliphatic hydroxyl groups is 1. The van der Waals surface area contributed by atoms with Crippen LogP contribution >= 0.6 is 0 Å². The highest BCUT2D eigenvalue weighted by atomic mass is 16.5. The Bertz CT molecular complexity index is 467. The van der Waals surface area contributed by atoms with Crippen molar-refractivity contribution in [2.24, 2.45) is 0 Å². The third-order valence-electron chi connectivity index (χ3n) is 3.69. The highest BCUT2D eigenvalue weighted by Gasteiger charge is 2.18. The van der Waals surface area contributed by atoms with Crippen molar-refractivity contribution >= 4 is 5.91 Å². The number of nitrogens with one attached hydrogen (secondary N) is 1. The first kappa shape index (κ1) is 17.5. The Kier molecular flexibility index (Phi) is 6.69. The summed E-state index contributed by atoms with van der Waals surface area (Å²) in [7, 11) is 0. The molecule has 2 atom stereocenters. The van der Waals surface area contributed by atoms with Crippen LogP contribution in [0.15, 0.2) is 18.2 Å². The van der Waals surface area contributed by atoms with Crippen LogP contribution in [0.25, 0.3) is 0 Å². The number of hydrogen-bond donors (Lipinski definition) is 2. The lowest BCUT2D eigenvalue weighted by atomic mass is 10.1. The van der Waals surface area contributed by atoms with E-state index in [2.05, 4.69) is 19.2 Å². The molecular weight excluding hydrogens is 266 g/mol. The summed E-state index contributed by atoms with van der Waals surface area (Å²) < 4.78 is 5.74. The van der Waals surface area contributed by atoms with Crippen molar-refractivity contribution in [1.29, 1.82) is 0 Å². The molecule has 4 nitrogen and oxygen atoms in total. The van der Waals surface area contributed by atoms with Gasteiger partial charge in [-0.3, -0.25) is 4.79 Å². The molecule has 1 rings (SSSR count).